The van der Waals surface area contributed by atoms with E-state index in [1.54, 1.807) is 18.2 Å². The number of hydrogen-bond acceptors (Lipinski definition) is 8. The summed E-state index contributed by atoms with van der Waals surface area (Å²) >= 11 is 1.23. The van der Waals surface area contributed by atoms with Crippen LogP contribution in [0.4, 0.5) is 5.13 Å². The highest BCUT2D eigenvalue weighted by Gasteiger charge is 2.16. The van der Waals surface area contributed by atoms with E-state index in [0.717, 1.165) is 0 Å². The first kappa shape index (κ1) is 19.1. The Morgan fingerprint density at radius 2 is 2.00 bits per heavy atom. The predicted octanol–water partition coefficient (Wildman–Crippen LogP) is 1.86. The van der Waals surface area contributed by atoms with Crippen LogP contribution in [0.5, 0.6) is 5.75 Å². The van der Waals surface area contributed by atoms with Crippen LogP contribution in [0.3, 0.4) is 0 Å². The molecule has 0 unspecified atom stereocenters. The minimum atomic E-state index is -0.750. The van der Waals surface area contributed by atoms with Crippen molar-refractivity contribution in [1.82, 2.24) is 10.3 Å². The fourth-order valence-corrected chi connectivity index (χ4v) is 2.48. The number of amides is 2. The van der Waals surface area contributed by atoms with Gasteiger partial charge in [0, 0.05) is 17.5 Å². The summed E-state index contributed by atoms with van der Waals surface area (Å²) in [6.07, 6.45) is 1.66. The molecule has 26 heavy (non-hydrogen) atoms. The van der Waals surface area contributed by atoms with Crippen molar-refractivity contribution in [2.75, 3.05) is 25.6 Å². The lowest BCUT2D eigenvalue weighted by molar-refractivity contribution is -0.123. The van der Waals surface area contributed by atoms with Crippen molar-refractivity contribution in [3.63, 3.8) is 0 Å². The highest BCUT2D eigenvalue weighted by Crippen LogP contribution is 2.15. The summed E-state index contributed by atoms with van der Waals surface area (Å²) in [5, 5.41) is 7.12. The van der Waals surface area contributed by atoms with Crippen molar-refractivity contribution in [3.05, 3.63) is 53.6 Å². The van der Waals surface area contributed by atoms with E-state index in [0.29, 0.717) is 17.4 Å². The first-order valence-electron chi connectivity index (χ1n) is 7.49. The van der Waals surface area contributed by atoms with Crippen LogP contribution in [0.25, 0.3) is 0 Å². The molecule has 1 heterocycles. The molecular formula is C17H17N3O5S. The first-order chi connectivity index (χ1) is 12.5. The Bertz CT molecular complexity index is 801. The summed E-state index contributed by atoms with van der Waals surface area (Å²) in [7, 11) is 1.51. The van der Waals surface area contributed by atoms with Crippen LogP contribution in [-0.2, 0) is 9.53 Å². The maximum atomic E-state index is 11.9. The van der Waals surface area contributed by atoms with Gasteiger partial charge in [0.2, 0.25) is 0 Å². The van der Waals surface area contributed by atoms with Crippen LogP contribution >= 0.6 is 11.3 Å². The van der Waals surface area contributed by atoms with Gasteiger partial charge in [-0.25, -0.2) is 9.78 Å². The average molecular weight is 375 g/mol. The van der Waals surface area contributed by atoms with Gasteiger partial charge in [-0.05, 0) is 24.3 Å². The van der Waals surface area contributed by atoms with Crippen LogP contribution in [0.15, 0.2) is 42.3 Å². The van der Waals surface area contributed by atoms with Gasteiger partial charge in [-0.1, -0.05) is 6.08 Å². The van der Waals surface area contributed by atoms with Crippen LogP contribution in [-0.4, -0.2) is 43.0 Å². The molecule has 0 atom stereocenters. The number of hydrogen-bond donors (Lipinski definition) is 2. The summed E-state index contributed by atoms with van der Waals surface area (Å²) in [4.78, 5) is 39.6. The van der Waals surface area contributed by atoms with Crippen molar-refractivity contribution < 1.29 is 23.9 Å². The van der Waals surface area contributed by atoms with Crippen LogP contribution in [0, 0.1) is 0 Å². The maximum absolute atomic E-state index is 11.9. The van der Waals surface area contributed by atoms with E-state index in [4.69, 9.17) is 9.47 Å². The van der Waals surface area contributed by atoms with E-state index >= 15 is 0 Å². The van der Waals surface area contributed by atoms with Gasteiger partial charge in [0.05, 0.1) is 7.11 Å². The summed E-state index contributed by atoms with van der Waals surface area (Å²) in [6.45, 7) is 3.49. The Labute approximate surface area is 153 Å². The Balaban J connectivity index is 1.81. The fraction of sp³-hybridized carbons (Fsp3) is 0.176. The molecule has 0 radical (unpaired) electrons. The van der Waals surface area contributed by atoms with Gasteiger partial charge in [0.15, 0.2) is 17.4 Å². The van der Waals surface area contributed by atoms with Gasteiger partial charge < -0.3 is 14.8 Å². The average Bonchev–Trinajstić information content (AvgIpc) is 3.13. The van der Waals surface area contributed by atoms with Crippen LogP contribution < -0.4 is 15.4 Å². The molecule has 0 aliphatic carbocycles. The normalized spacial score (nSPS) is 9.88. The number of rotatable bonds is 8. The molecule has 2 amide bonds. The minimum Gasteiger partial charge on any atom is -0.497 e. The molecule has 0 aliphatic rings. The SMILES string of the molecule is C=CCNc1nc(C(=O)OCC(=O)NC(=O)c2ccc(OC)cc2)cs1. The van der Waals surface area contributed by atoms with Gasteiger partial charge >= 0.3 is 5.97 Å². The van der Waals surface area contributed by atoms with Gasteiger partial charge in [-0.15, -0.1) is 17.9 Å². The van der Waals surface area contributed by atoms with Crippen molar-refractivity contribution in [2.24, 2.45) is 0 Å². The number of benzene rings is 1. The zero-order valence-electron chi connectivity index (χ0n) is 14.0. The monoisotopic (exact) mass is 375 g/mol. The molecule has 0 saturated heterocycles. The molecule has 1 aromatic carbocycles. The number of anilines is 1. The number of methoxy groups -OCH3 is 1. The maximum Gasteiger partial charge on any atom is 0.358 e. The Kier molecular flexibility index (Phi) is 6.86. The minimum absolute atomic E-state index is 0.0795. The lowest BCUT2D eigenvalue weighted by atomic mass is 10.2. The smallest absolute Gasteiger partial charge is 0.358 e. The fourth-order valence-electron chi connectivity index (χ4n) is 1.79. The summed E-state index contributed by atoms with van der Waals surface area (Å²) in [5.41, 5.74) is 0.360. The number of nitrogens with zero attached hydrogens (tertiary/aromatic N) is 1. The highest BCUT2D eigenvalue weighted by atomic mass is 32.1. The molecule has 2 N–H and O–H groups in total. The summed E-state index contributed by atoms with van der Waals surface area (Å²) in [5.74, 6) is -1.50. The molecule has 0 bridgehead atoms. The third kappa shape index (κ3) is 5.42. The molecule has 0 saturated carbocycles. The van der Waals surface area contributed by atoms with E-state index in [1.807, 2.05) is 0 Å². The zero-order chi connectivity index (χ0) is 18.9. The molecule has 1 aromatic heterocycles. The van der Waals surface area contributed by atoms with E-state index in [9.17, 15) is 14.4 Å². The molecule has 0 aliphatic heterocycles. The lowest BCUT2D eigenvalue weighted by Gasteiger charge is -2.06. The summed E-state index contributed by atoms with van der Waals surface area (Å²) in [6, 6.07) is 6.22. The molecule has 0 fully saturated rings. The quantitative estimate of drug-likeness (QED) is 0.536. The Morgan fingerprint density at radius 3 is 2.65 bits per heavy atom. The third-order valence-electron chi connectivity index (χ3n) is 3.05. The topological polar surface area (TPSA) is 107 Å². The third-order valence-corrected chi connectivity index (χ3v) is 3.85. The standard InChI is InChI=1S/C17H17N3O5S/c1-3-8-18-17-19-13(10-26-17)16(23)25-9-14(21)20-15(22)11-4-6-12(24-2)7-5-11/h3-7,10H,1,8-9H2,2H3,(H,18,19)(H,20,21,22). The number of carbonyl (C=O) groups is 3. The van der Waals surface area contributed by atoms with Crippen molar-refractivity contribution in [3.8, 4) is 5.75 Å². The Morgan fingerprint density at radius 1 is 1.27 bits per heavy atom. The Hall–Kier alpha value is -3.20. The lowest BCUT2D eigenvalue weighted by Crippen LogP contribution is -2.34. The molecule has 136 valence electrons. The number of thiazole rings is 1. The highest BCUT2D eigenvalue weighted by molar-refractivity contribution is 7.13. The van der Waals surface area contributed by atoms with Crippen LogP contribution in [0.2, 0.25) is 0 Å². The first-order valence-corrected chi connectivity index (χ1v) is 8.37. The molecule has 2 rings (SSSR count). The van der Waals surface area contributed by atoms with E-state index in [1.165, 1.54) is 36.0 Å². The van der Waals surface area contributed by atoms with Crippen molar-refractivity contribution in [2.45, 2.75) is 0 Å². The van der Waals surface area contributed by atoms with E-state index in [-0.39, 0.29) is 11.3 Å². The summed E-state index contributed by atoms with van der Waals surface area (Å²) < 4.78 is 9.84. The van der Waals surface area contributed by atoms with E-state index in [2.05, 4.69) is 22.2 Å². The van der Waals surface area contributed by atoms with Crippen LogP contribution in [0.1, 0.15) is 20.8 Å². The van der Waals surface area contributed by atoms with Gasteiger partial charge in [0.25, 0.3) is 11.8 Å². The molecule has 8 nitrogen and oxygen atoms in total. The molecule has 2 aromatic rings. The number of ether oxygens (including phenoxy) is 2. The van der Waals surface area contributed by atoms with Gasteiger partial charge in [-0.2, -0.15) is 0 Å². The second kappa shape index (κ2) is 9.33. The van der Waals surface area contributed by atoms with Gasteiger partial charge in [-0.3, -0.25) is 14.9 Å². The second-order valence-corrected chi connectivity index (χ2v) is 5.75. The number of imide groups is 1. The largest absolute Gasteiger partial charge is 0.497 e. The number of carbonyl (C=O) groups excluding carboxylic acids is 3. The number of nitrogens with one attached hydrogen (secondary N) is 2. The molecular weight excluding hydrogens is 358 g/mol. The molecule has 9 heteroatoms. The molecule has 0 spiro atoms. The van der Waals surface area contributed by atoms with Crippen molar-refractivity contribution >= 4 is 34.3 Å². The predicted molar refractivity (Wildman–Crippen MR) is 96.6 cm³/mol. The van der Waals surface area contributed by atoms with Crippen molar-refractivity contribution in [1.29, 1.82) is 0 Å². The van der Waals surface area contributed by atoms with Gasteiger partial charge in [0.1, 0.15) is 5.75 Å². The number of esters is 1. The second-order valence-electron chi connectivity index (χ2n) is 4.89. The van der Waals surface area contributed by atoms with E-state index < -0.39 is 24.4 Å². The zero-order valence-corrected chi connectivity index (χ0v) is 14.8. The number of aromatic nitrogens is 1.